The molecule has 0 aromatic carbocycles. The van der Waals surface area contributed by atoms with E-state index >= 15 is 0 Å². The van der Waals surface area contributed by atoms with Gasteiger partial charge in [0.25, 0.3) is 0 Å². The summed E-state index contributed by atoms with van der Waals surface area (Å²) in [5, 5.41) is 6.14. The highest BCUT2D eigenvalue weighted by molar-refractivity contribution is 5.78. The van der Waals surface area contributed by atoms with E-state index in [1.54, 1.807) is 12.3 Å². The third-order valence-electron chi connectivity index (χ3n) is 2.85. The summed E-state index contributed by atoms with van der Waals surface area (Å²) in [6.45, 7) is 5.22. The molecule has 106 valence electrons. The maximum atomic E-state index is 11.7. The van der Waals surface area contributed by atoms with E-state index in [1.165, 1.54) is 6.20 Å². The van der Waals surface area contributed by atoms with Crippen molar-refractivity contribution < 1.29 is 4.79 Å². The molecule has 0 aromatic heterocycles. The lowest BCUT2D eigenvalue weighted by molar-refractivity contribution is -0.129. The second-order valence-electron chi connectivity index (χ2n) is 4.41. The van der Waals surface area contributed by atoms with Crippen LogP contribution < -0.4 is 16.4 Å². The van der Waals surface area contributed by atoms with Gasteiger partial charge in [-0.2, -0.15) is 0 Å². The van der Waals surface area contributed by atoms with E-state index in [4.69, 9.17) is 5.73 Å². The Labute approximate surface area is 114 Å². The third-order valence-corrected chi connectivity index (χ3v) is 2.85. The fraction of sp³-hybridized carbons (Fsp3) is 0.538. The van der Waals surface area contributed by atoms with Crippen LogP contribution in [0.5, 0.6) is 0 Å². The number of allylic oxidation sites excluding steroid dienone is 1. The number of aliphatic imine (C=N–C) groups is 1. The molecule has 0 radical (unpaired) electrons. The van der Waals surface area contributed by atoms with Gasteiger partial charge in [-0.1, -0.05) is 12.7 Å². The molecule has 1 amide bonds. The zero-order valence-corrected chi connectivity index (χ0v) is 11.4. The molecule has 1 rings (SSSR count). The van der Waals surface area contributed by atoms with Gasteiger partial charge in [0.2, 0.25) is 5.91 Å². The Morgan fingerprint density at radius 1 is 1.53 bits per heavy atom. The van der Waals surface area contributed by atoms with Gasteiger partial charge in [0.1, 0.15) is 5.82 Å². The van der Waals surface area contributed by atoms with E-state index in [1.807, 2.05) is 11.9 Å². The minimum Gasteiger partial charge on any atom is -0.402 e. The molecule has 0 unspecified atom stereocenters. The molecule has 0 bridgehead atoms. The molecule has 0 aromatic rings. The smallest absolute Gasteiger partial charge is 0.236 e. The Morgan fingerprint density at radius 3 is 2.84 bits per heavy atom. The predicted molar refractivity (Wildman–Crippen MR) is 77.6 cm³/mol. The molecule has 0 spiro atoms. The second-order valence-corrected chi connectivity index (χ2v) is 4.41. The Balaban J connectivity index is 2.08. The van der Waals surface area contributed by atoms with Gasteiger partial charge < -0.3 is 21.3 Å². The largest absolute Gasteiger partial charge is 0.402 e. The quantitative estimate of drug-likeness (QED) is 0.398. The monoisotopic (exact) mass is 265 g/mol. The molecule has 6 nitrogen and oxygen atoms in total. The van der Waals surface area contributed by atoms with Crippen LogP contribution in [0.15, 0.2) is 29.7 Å². The van der Waals surface area contributed by atoms with E-state index in [2.05, 4.69) is 22.2 Å². The summed E-state index contributed by atoms with van der Waals surface area (Å²) in [6, 6.07) is 0.465. The second kappa shape index (κ2) is 8.31. The van der Waals surface area contributed by atoms with Gasteiger partial charge in [0.05, 0.1) is 6.54 Å². The summed E-state index contributed by atoms with van der Waals surface area (Å²) in [4.78, 5) is 17.5. The average molecular weight is 265 g/mol. The highest BCUT2D eigenvalue weighted by atomic mass is 16.2. The van der Waals surface area contributed by atoms with Crippen LogP contribution in [0.4, 0.5) is 0 Å². The number of amides is 1. The van der Waals surface area contributed by atoms with Crippen molar-refractivity contribution in [2.24, 2.45) is 10.7 Å². The Hall–Kier alpha value is -1.82. The Kier molecular flexibility index (Phi) is 6.67. The van der Waals surface area contributed by atoms with Crippen LogP contribution in [-0.4, -0.2) is 49.7 Å². The van der Waals surface area contributed by atoms with E-state index in [0.29, 0.717) is 31.5 Å². The molecule has 0 saturated heterocycles. The van der Waals surface area contributed by atoms with Crippen molar-refractivity contribution in [2.45, 2.75) is 18.9 Å². The van der Waals surface area contributed by atoms with Crippen LogP contribution in [0.2, 0.25) is 0 Å². The van der Waals surface area contributed by atoms with Crippen LogP contribution in [-0.2, 0) is 4.79 Å². The first-order chi connectivity index (χ1) is 9.19. The summed E-state index contributed by atoms with van der Waals surface area (Å²) in [5.74, 6) is 0.727. The Morgan fingerprint density at radius 2 is 2.26 bits per heavy atom. The van der Waals surface area contributed by atoms with E-state index < -0.39 is 0 Å². The van der Waals surface area contributed by atoms with Gasteiger partial charge in [0.15, 0.2) is 0 Å². The maximum Gasteiger partial charge on any atom is 0.236 e. The molecular weight excluding hydrogens is 242 g/mol. The number of nitrogens with one attached hydrogen (secondary N) is 2. The molecule has 19 heavy (non-hydrogen) atoms. The lowest BCUT2D eigenvalue weighted by Crippen LogP contribution is -2.38. The molecule has 6 heteroatoms. The number of hydrogen-bond donors (Lipinski definition) is 3. The lowest BCUT2D eigenvalue weighted by atomic mass is 10.4. The third kappa shape index (κ3) is 6.05. The number of hydrogen-bond acceptors (Lipinski definition) is 5. The first-order valence-corrected chi connectivity index (χ1v) is 6.46. The zero-order valence-electron chi connectivity index (χ0n) is 11.4. The van der Waals surface area contributed by atoms with Gasteiger partial charge in [-0.15, -0.1) is 0 Å². The van der Waals surface area contributed by atoms with E-state index in [9.17, 15) is 4.79 Å². The van der Waals surface area contributed by atoms with Crippen molar-refractivity contribution in [1.82, 2.24) is 15.5 Å². The number of nitrogens with zero attached hydrogens (tertiary/aromatic N) is 2. The summed E-state index contributed by atoms with van der Waals surface area (Å²) in [7, 11) is 1.86. The lowest BCUT2D eigenvalue weighted by Gasteiger charge is -2.16. The van der Waals surface area contributed by atoms with Crippen LogP contribution in [0.1, 0.15) is 12.8 Å². The first-order valence-electron chi connectivity index (χ1n) is 6.46. The summed E-state index contributed by atoms with van der Waals surface area (Å²) < 4.78 is 0. The van der Waals surface area contributed by atoms with Gasteiger partial charge in [-0.3, -0.25) is 4.79 Å². The Bertz CT molecular complexity index is 360. The summed E-state index contributed by atoms with van der Waals surface area (Å²) in [5.41, 5.74) is 5.40. The standard InChI is InChI=1S/C13H23N5O/c1-3-6-16-12(9-14)17-8-7-15-10-13(19)18(2)11-4-5-11/h3,6,9,11,15,17H,1,4-5,7-8,10,14H2,2H3/b12-9+,16-6?. The van der Waals surface area contributed by atoms with Crippen LogP contribution in [0.25, 0.3) is 0 Å². The summed E-state index contributed by atoms with van der Waals surface area (Å²) in [6.07, 6.45) is 6.81. The number of nitrogens with two attached hydrogens (primary N) is 1. The van der Waals surface area contributed by atoms with Crippen LogP contribution in [0, 0.1) is 0 Å². The topological polar surface area (TPSA) is 82.7 Å². The number of likely N-dealkylation sites (N-methyl/N-ethyl adjacent to an activating group) is 1. The van der Waals surface area contributed by atoms with E-state index in [-0.39, 0.29) is 5.91 Å². The van der Waals surface area contributed by atoms with Crippen molar-refractivity contribution in [1.29, 1.82) is 0 Å². The maximum absolute atomic E-state index is 11.7. The number of carbonyl (C=O) groups excluding carboxylic acids is 1. The molecule has 1 saturated carbocycles. The number of rotatable bonds is 9. The van der Waals surface area contributed by atoms with Crippen molar-refractivity contribution >= 4 is 12.1 Å². The fourth-order valence-corrected chi connectivity index (χ4v) is 1.55. The first kappa shape index (κ1) is 15.2. The van der Waals surface area contributed by atoms with E-state index in [0.717, 1.165) is 12.8 Å². The van der Waals surface area contributed by atoms with Gasteiger partial charge in [-0.05, 0) is 12.8 Å². The minimum atomic E-state index is 0.141. The van der Waals surface area contributed by atoms with Gasteiger partial charge >= 0.3 is 0 Å². The zero-order chi connectivity index (χ0) is 14.1. The molecule has 0 atom stereocenters. The van der Waals surface area contributed by atoms with Crippen LogP contribution in [0.3, 0.4) is 0 Å². The highest BCUT2D eigenvalue weighted by Crippen LogP contribution is 2.24. The minimum absolute atomic E-state index is 0.141. The fourth-order valence-electron chi connectivity index (χ4n) is 1.55. The highest BCUT2D eigenvalue weighted by Gasteiger charge is 2.28. The SMILES string of the molecule is C=CC=N/C(=C\N)NCCNCC(=O)N(C)C1CC1. The summed E-state index contributed by atoms with van der Waals surface area (Å²) >= 11 is 0. The molecule has 1 aliphatic carbocycles. The molecule has 0 aliphatic heterocycles. The van der Waals surface area contributed by atoms with Crippen molar-refractivity contribution in [3.8, 4) is 0 Å². The molecular formula is C13H23N5O. The molecule has 4 N–H and O–H groups in total. The molecule has 0 heterocycles. The van der Waals surface area contributed by atoms with Gasteiger partial charge in [-0.25, -0.2) is 4.99 Å². The van der Waals surface area contributed by atoms with Gasteiger partial charge in [0, 0.05) is 38.6 Å². The van der Waals surface area contributed by atoms with Crippen LogP contribution >= 0.6 is 0 Å². The average Bonchev–Trinajstić information content (AvgIpc) is 3.25. The van der Waals surface area contributed by atoms with Crippen molar-refractivity contribution in [3.63, 3.8) is 0 Å². The predicted octanol–water partition coefficient (Wildman–Crippen LogP) is -0.199. The number of carbonyl (C=O) groups is 1. The molecule has 1 fully saturated rings. The normalized spacial score (nSPS) is 15.5. The molecule has 1 aliphatic rings. The van der Waals surface area contributed by atoms with Crippen molar-refractivity contribution in [3.05, 3.63) is 24.7 Å². The van der Waals surface area contributed by atoms with Crippen molar-refractivity contribution in [2.75, 3.05) is 26.7 Å².